The highest BCUT2D eigenvalue weighted by atomic mass is 19.4. The second-order valence-electron chi connectivity index (χ2n) is 7.02. The van der Waals surface area contributed by atoms with Crippen molar-refractivity contribution in [3.63, 3.8) is 0 Å². The minimum atomic E-state index is -4.65. The number of allylic oxidation sites excluding steroid dienone is 1. The third-order valence-electron chi connectivity index (χ3n) is 5.11. The van der Waals surface area contributed by atoms with Gasteiger partial charge in [-0.25, -0.2) is 9.59 Å². The van der Waals surface area contributed by atoms with Gasteiger partial charge in [-0.2, -0.15) is 18.4 Å². The molecular weight excluding hydrogens is 427 g/mol. The molecule has 0 saturated carbocycles. The predicted octanol–water partition coefficient (Wildman–Crippen LogP) is 3.91. The van der Waals surface area contributed by atoms with Crippen LogP contribution in [0.1, 0.15) is 29.7 Å². The van der Waals surface area contributed by atoms with Gasteiger partial charge < -0.3 is 15.1 Å². The summed E-state index contributed by atoms with van der Waals surface area (Å²) in [7, 11) is 0. The van der Waals surface area contributed by atoms with Gasteiger partial charge in [0.2, 0.25) is 0 Å². The molecule has 7 nitrogen and oxygen atoms in total. The Morgan fingerprint density at radius 3 is 2.38 bits per heavy atom. The smallest absolute Gasteiger partial charge is 0.416 e. The van der Waals surface area contributed by atoms with Crippen molar-refractivity contribution in [2.45, 2.75) is 19.1 Å². The molecule has 2 N–H and O–H groups in total. The minimum absolute atomic E-state index is 0.0506. The van der Waals surface area contributed by atoms with Gasteiger partial charge in [0.1, 0.15) is 0 Å². The van der Waals surface area contributed by atoms with Crippen molar-refractivity contribution < 1.29 is 33.0 Å². The molecule has 10 heteroatoms. The van der Waals surface area contributed by atoms with E-state index in [9.17, 15) is 33.0 Å². The summed E-state index contributed by atoms with van der Waals surface area (Å²) in [6.07, 6.45) is -4.65. The summed E-state index contributed by atoms with van der Waals surface area (Å²) in [6, 6.07) is 9.98. The third kappa shape index (κ3) is 4.15. The summed E-state index contributed by atoms with van der Waals surface area (Å²) in [4.78, 5) is 27.5. The number of halogens is 3. The molecule has 0 bridgehead atoms. The van der Waals surface area contributed by atoms with Gasteiger partial charge in [-0.15, -0.1) is 0 Å². The molecule has 0 aromatic heterocycles. The quantitative estimate of drug-likeness (QED) is 0.726. The molecule has 1 atom stereocenters. The number of urea groups is 1. The highest BCUT2D eigenvalue weighted by Gasteiger charge is 2.42. The molecule has 0 saturated heterocycles. The average Bonchev–Trinajstić information content (AvgIpc) is 2.75. The number of hydrogen-bond donors (Lipinski definition) is 2. The van der Waals surface area contributed by atoms with E-state index in [0.717, 1.165) is 28.0 Å². The first-order valence-corrected chi connectivity index (χ1v) is 9.43. The number of benzene rings is 2. The second-order valence-corrected chi connectivity index (χ2v) is 7.02. The maximum absolute atomic E-state index is 13.3. The lowest BCUT2D eigenvalue weighted by Crippen LogP contribution is -2.51. The predicted molar refractivity (Wildman–Crippen MR) is 107 cm³/mol. The molecule has 1 unspecified atom stereocenters. The number of nitriles is 1. The van der Waals surface area contributed by atoms with Crippen LogP contribution in [0.25, 0.3) is 0 Å². The fourth-order valence-electron chi connectivity index (χ4n) is 3.67. The third-order valence-corrected chi connectivity index (χ3v) is 5.11. The van der Waals surface area contributed by atoms with Gasteiger partial charge >= 0.3 is 18.2 Å². The highest BCUT2D eigenvalue weighted by Crippen LogP contribution is 2.40. The van der Waals surface area contributed by atoms with Crippen molar-refractivity contribution in [2.75, 3.05) is 18.1 Å². The van der Waals surface area contributed by atoms with Crippen LogP contribution in [0.3, 0.4) is 0 Å². The van der Waals surface area contributed by atoms with Gasteiger partial charge in [0.05, 0.1) is 41.1 Å². The van der Waals surface area contributed by atoms with Gasteiger partial charge in [-0.05, 0) is 42.8 Å². The van der Waals surface area contributed by atoms with E-state index in [0.29, 0.717) is 11.1 Å². The van der Waals surface area contributed by atoms with Crippen LogP contribution in [-0.4, -0.2) is 40.3 Å². The summed E-state index contributed by atoms with van der Waals surface area (Å²) >= 11 is 0. The Morgan fingerprint density at radius 2 is 1.84 bits per heavy atom. The molecule has 2 aromatic rings. The fourth-order valence-corrected chi connectivity index (χ4v) is 3.67. The van der Waals surface area contributed by atoms with Crippen molar-refractivity contribution in [2.24, 2.45) is 0 Å². The Bertz CT molecular complexity index is 1120. The van der Waals surface area contributed by atoms with Crippen LogP contribution in [0.4, 0.5) is 23.7 Å². The first-order valence-electron chi connectivity index (χ1n) is 9.43. The largest absolute Gasteiger partial charge is 0.478 e. The Balaban J connectivity index is 2.22. The van der Waals surface area contributed by atoms with Crippen molar-refractivity contribution in [1.82, 2.24) is 4.90 Å². The zero-order chi connectivity index (χ0) is 23.6. The molecule has 0 spiro atoms. The van der Waals surface area contributed by atoms with Crippen molar-refractivity contribution in [3.8, 4) is 6.07 Å². The number of carboxylic acid groups (broad SMARTS) is 1. The first kappa shape index (κ1) is 22.8. The standard InChI is InChI=1S/C22H18F3N3O4/c1-13-18(20(30)31)19(15-7-5-14(12-26)6-8-15)27(9-10-29)21(32)28(13)17-4-2-3-16(11-17)22(23,24)25/h2-8,11,19,29H,9-10H2,1H3,(H,30,31). The summed E-state index contributed by atoms with van der Waals surface area (Å²) in [6.45, 7) is 0.582. The van der Waals surface area contributed by atoms with Crippen LogP contribution < -0.4 is 4.90 Å². The number of carbonyl (C=O) groups excluding carboxylic acids is 1. The van der Waals surface area contributed by atoms with Crippen molar-refractivity contribution in [3.05, 3.63) is 76.5 Å². The number of amides is 2. The summed E-state index contributed by atoms with van der Waals surface area (Å²) in [5.41, 5.74) is -0.720. The number of carboxylic acids is 1. The Labute approximate surface area is 181 Å². The number of rotatable bonds is 5. The van der Waals surface area contributed by atoms with Gasteiger partial charge in [-0.1, -0.05) is 18.2 Å². The van der Waals surface area contributed by atoms with E-state index >= 15 is 0 Å². The van der Waals surface area contributed by atoms with E-state index in [1.165, 1.54) is 37.3 Å². The van der Waals surface area contributed by atoms with Gasteiger partial charge in [0.15, 0.2) is 0 Å². The Hall–Kier alpha value is -3.84. The van der Waals surface area contributed by atoms with E-state index < -0.39 is 36.4 Å². The lowest BCUT2D eigenvalue weighted by Gasteiger charge is -2.42. The van der Waals surface area contributed by atoms with E-state index in [2.05, 4.69) is 0 Å². The van der Waals surface area contributed by atoms with E-state index in [-0.39, 0.29) is 23.5 Å². The van der Waals surface area contributed by atoms with Crippen LogP contribution in [0.5, 0.6) is 0 Å². The minimum Gasteiger partial charge on any atom is -0.478 e. The maximum Gasteiger partial charge on any atom is 0.416 e. The highest BCUT2D eigenvalue weighted by molar-refractivity contribution is 6.02. The molecule has 1 aliphatic rings. The van der Waals surface area contributed by atoms with E-state index in [4.69, 9.17) is 5.26 Å². The topological polar surface area (TPSA) is 105 Å². The van der Waals surface area contributed by atoms with Crippen LogP contribution >= 0.6 is 0 Å². The Morgan fingerprint density at radius 1 is 1.19 bits per heavy atom. The van der Waals surface area contributed by atoms with Gasteiger partial charge in [0, 0.05) is 12.2 Å². The summed E-state index contributed by atoms with van der Waals surface area (Å²) < 4.78 is 39.6. The number of aliphatic hydroxyl groups excluding tert-OH is 1. The SMILES string of the molecule is CC1=C(C(=O)O)C(c2ccc(C#N)cc2)N(CCO)C(=O)N1c1cccc(C(F)(F)F)c1. The summed E-state index contributed by atoms with van der Waals surface area (Å²) in [5, 5.41) is 28.5. The molecular formula is C22H18F3N3O4. The number of carbonyl (C=O) groups is 2. The van der Waals surface area contributed by atoms with Crippen LogP contribution in [0.15, 0.2) is 59.8 Å². The van der Waals surface area contributed by atoms with Crippen LogP contribution in [-0.2, 0) is 11.0 Å². The van der Waals surface area contributed by atoms with Crippen LogP contribution in [0.2, 0.25) is 0 Å². The van der Waals surface area contributed by atoms with Gasteiger partial charge in [0.25, 0.3) is 0 Å². The maximum atomic E-state index is 13.3. The Kier molecular flexibility index (Phi) is 6.23. The number of aliphatic hydroxyl groups is 1. The molecule has 0 fully saturated rings. The van der Waals surface area contributed by atoms with E-state index in [1.54, 1.807) is 0 Å². The number of β-amino-alcohol motifs (C(OH)–C–C–N with tert-alkyl or cyclic N) is 1. The molecule has 1 aliphatic heterocycles. The monoisotopic (exact) mass is 445 g/mol. The molecule has 32 heavy (non-hydrogen) atoms. The number of anilines is 1. The molecule has 166 valence electrons. The molecule has 3 rings (SSSR count). The number of hydrogen-bond acceptors (Lipinski definition) is 4. The first-order chi connectivity index (χ1) is 15.1. The second kappa shape index (κ2) is 8.72. The number of nitrogens with zero attached hydrogens (tertiary/aromatic N) is 3. The lowest BCUT2D eigenvalue weighted by atomic mass is 9.92. The molecule has 2 aromatic carbocycles. The zero-order valence-corrected chi connectivity index (χ0v) is 16.8. The summed E-state index contributed by atoms with van der Waals surface area (Å²) in [5.74, 6) is -1.37. The fraction of sp³-hybridized carbons (Fsp3) is 0.227. The number of aliphatic carboxylic acids is 1. The van der Waals surface area contributed by atoms with Crippen molar-refractivity contribution >= 4 is 17.7 Å². The molecule has 0 radical (unpaired) electrons. The average molecular weight is 445 g/mol. The molecule has 0 aliphatic carbocycles. The zero-order valence-electron chi connectivity index (χ0n) is 16.8. The lowest BCUT2D eigenvalue weighted by molar-refractivity contribution is -0.137. The molecule has 1 heterocycles. The normalized spacial score (nSPS) is 16.9. The van der Waals surface area contributed by atoms with Crippen molar-refractivity contribution in [1.29, 1.82) is 5.26 Å². The van der Waals surface area contributed by atoms with E-state index in [1.807, 2.05) is 6.07 Å². The van der Waals surface area contributed by atoms with Gasteiger partial charge in [-0.3, -0.25) is 4.90 Å². The molecule has 2 amide bonds. The number of alkyl halides is 3. The van der Waals surface area contributed by atoms with Crippen LogP contribution in [0, 0.1) is 11.3 Å².